The molecule has 1 aliphatic carbocycles. The Hall–Kier alpha value is -2.61. The summed E-state index contributed by atoms with van der Waals surface area (Å²) in [6.07, 6.45) is 4.36. The van der Waals surface area contributed by atoms with Crippen molar-refractivity contribution < 1.29 is 19.1 Å². The molecule has 0 bridgehead atoms. The highest BCUT2D eigenvalue weighted by Crippen LogP contribution is 2.38. The number of nitrogens with one attached hydrogen (secondary N) is 1. The summed E-state index contributed by atoms with van der Waals surface area (Å²) in [6.45, 7) is 6.67. The van der Waals surface area contributed by atoms with Crippen LogP contribution in [0.15, 0.2) is 30.3 Å². The first-order valence-corrected chi connectivity index (χ1v) is 14.1. The van der Waals surface area contributed by atoms with Gasteiger partial charge in [0.1, 0.15) is 17.3 Å². The van der Waals surface area contributed by atoms with Crippen molar-refractivity contribution >= 4 is 52.1 Å². The van der Waals surface area contributed by atoms with Crippen molar-refractivity contribution in [2.45, 2.75) is 51.9 Å². The van der Waals surface area contributed by atoms with Crippen molar-refractivity contribution in [1.82, 2.24) is 4.90 Å². The fraction of sp³-hybridized carbons (Fsp3) is 0.483. The normalized spacial score (nSPS) is 15.8. The van der Waals surface area contributed by atoms with Crippen LogP contribution >= 0.6 is 23.2 Å². The molecule has 1 N–H and O–H groups in total. The zero-order valence-corrected chi connectivity index (χ0v) is 23.4. The molecule has 1 fully saturated rings. The van der Waals surface area contributed by atoms with Crippen LogP contribution in [0.1, 0.15) is 50.2 Å². The fourth-order valence-electron chi connectivity index (χ4n) is 4.90. The van der Waals surface area contributed by atoms with E-state index in [0.717, 1.165) is 69.0 Å². The molecule has 2 aliphatic rings. The zero-order valence-electron chi connectivity index (χ0n) is 21.9. The Morgan fingerprint density at radius 2 is 1.74 bits per heavy atom. The molecular weight excluding hydrogens is 525 g/mol. The monoisotopic (exact) mass is 559 g/mol. The van der Waals surface area contributed by atoms with Gasteiger partial charge >= 0.3 is 0 Å². The van der Waals surface area contributed by atoms with E-state index in [1.807, 2.05) is 18.2 Å². The van der Waals surface area contributed by atoms with Crippen molar-refractivity contribution in [3.8, 4) is 5.75 Å². The van der Waals surface area contributed by atoms with E-state index in [1.165, 1.54) is 12.5 Å². The molecule has 2 aromatic carbocycles. The van der Waals surface area contributed by atoms with E-state index in [-0.39, 0.29) is 24.5 Å². The minimum atomic E-state index is -0.260. The minimum Gasteiger partial charge on any atom is -0.494 e. The van der Waals surface area contributed by atoms with Crippen molar-refractivity contribution in [3.05, 3.63) is 51.5 Å². The predicted molar refractivity (Wildman–Crippen MR) is 152 cm³/mol. The number of hydrogen-bond acceptors (Lipinski definition) is 6. The Balaban J connectivity index is 1.17. The number of carbonyl (C=O) groups is 3. The summed E-state index contributed by atoms with van der Waals surface area (Å²) < 4.78 is 5.95. The SMILES string of the molecule is CC(=O)CCC(=O)Nc1ccc(N2CCN(CCCCOc3ccc4c(c3)CC(=O)CC4)CC2)c(Cl)c1Cl. The highest BCUT2D eigenvalue weighted by molar-refractivity contribution is 6.45. The lowest BCUT2D eigenvalue weighted by molar-refractivity contribution is -0.121. The molecule has 2 aromatic rings. The first-order chi connectivity index (χ1) is 18.3. The topological polar surface area (TPSA) is 79.0 Å². The van der Waals surface area contributed by atoms with E-state index in [2.05, 4.69) is 21.2 Å². The van der Waals surface area contributed by atoms with Gasteiger partial charge in [0.2, 0.25) is 5.91 Å². The fourth-order valence-corrected chi connectivity index (χ4v) is 5.39. The van der Waals surface area contributed by atoms with Gasteiger partial charge in [0.15, 0.2) is 0 Å². The van der Waals surface area contributed by atoms with Gasteiger partial charge in [0, 0.05) is 51.9 Å². The maximum Gasteiger partial charge on any atom is 0.224 e. The van der Waals surface area contributed by atoms with Crippen LogP contribution in [0.25, 0.3) is 0 Å². The molecule has 204 valence electrons. The highest BCUT2D eigenvalue weighted by Gasteiger charge is 2.21. The Labute approximate surface area is 234 Å². The average molecular weight is 561 g/mol. The third-order valence-corrected chi connectivity index (χ3v) is 8.00. The number of hydrogen-bond donors (Lipinski definition) is 1. The van der Waals surface area contributed by atoms with Crippen LogP contribution in [0.4, 0.5) is 11.4 Å². The van der Waals surface area contributed by atoms with Crippen LogP contribution in [0, 0.1) is 0 Å². The number of fused-ring (bicyclic) bond motifs is 1. The van der Waals surface area contributed by atoms with Gasteiger partial charge in [-0.1, -0.05) is 29.3 Å². The van der Waals surface area contributed by atoms with E-state index >= 15 is 0 Å². The number of unbranched alkanes of at least 4 members (excludes halogenated alkanes) is 1. The summed E-state index contributed by atoms with van der Waals surface area (Å²) in [5.41, 5.74) is 3.70. The van der Waals surface area contributed by atoms with Gasteiger partial charge in [-0.3, -0.25) is 14.5 Å². The van der Waals surface area contributed by atoms with Gasteiger partial charge < -0.3 is 19.7 Å². The van der Waals surface area contributed by atoms with Crippen molar-refractivity contribution in [2.24, 2.45) is 0 Å². The first kappa shape index (κ1) is 28.4. The average Bonchev–Trinajstić information content (AvgIpc) is 2.90. The molecule has 0 saturated carbocycles. The molecule has 1 saturated heterocycles. The van der Waals surface area contributed by atoms with Crippen LogP contribution in [0.3, 0.4) is 0 Å². The number of carbonyl (C=O) groups excluding carboxylic acids is 3. The summed E-state index contributed by atoms with van der Waals surface area (Å²) in [5, 5.41) is 3.48. The minimum absolute atomic E-state index is 0.0307. The zero-order chi connectivity index (χ0) is 27.1. The third-order valence-electron chi connectivity index (χ3n) is 7.13. The molecule has 0 atom stereocenters. The van der Waals surface area contributed by atoms with E-state index < -0.39 is 0 Å². The number of aryl methyl sites for hydroxylation is 1. The Kier molecular flexibility index (Phi) is 10.1. The molecule has 0 unspecified atom stereocenters. The van der Waals surface area contributed by atoms with Gasteiger partial charge in [-0.15, -0.1) is 0 Å². The second kappa shape index (κ2) is 13.5. The molecule has 0 radical (unpaired) electrons. The van der Waals surface area contributed by atoms with E-state index in [4.69, 9.17) is 27.9 Å². The predicted octanol–water partition coefficient (Wildman–Crippen LogP) is 5.34. The third kappa shape index (κ3) is 7.71. The van der Waals surface area contributed by atoms with Gasteiger partial charge in [0.05, 0.1) is 28.0 Å². The number of nitrogens with zero attached hydrogens (tertiary/aromatic N) is 2. The molecule has 1 heterocycles. The van der Waals surface area contributed by atoms with Crippen molar-refractivity contribution in [3.63, 3.8) is 0 Å². The lowest BCUT2D eigenvalue weighted by atomic mass is 9.91. The molecule has 9 heteroatoms. The van der Waals surface area contributed by atoms with Crippen LogP contribution < -0.4 is 15.0 Å². The molecule has 4 rings (SSSR count). The number of rotatable bonds is 11. The lowest BCUT2D eigenvalue weighted by Gasteiger charge is -2.36. The Bertz CT molecular complexity index is 1180. The summed E-state index contributed by atoms with van der Waals surface area (Å²) in [5.74, 6) is 0.869. The molecule has 38 heavy (non-hydrogen) atoms. The van der Waals surface area contributed by atoms with Crippen molar-refractivity contribution in [1.29, 1.82) is 0 Å². The summed E-state index contributed by atoms with van der Waals surface area (Å²) in [6, 6.07) is 9.79. The largest absolute Gasteiger partial charge is 0.494 e. The van der Waals surface area contributed by atoms with Crippen LogP contribution in [-0.4, -0.2) is 61.7 Å². The second-order valence-electron chi connectivity index (χ2n) is 10.0. The van der Waals surface area contributed by atoms with E-state index in [1.54, 1.807) is 6.07 Å². The summed E-state index contributed by atoms with van der Waals surface area (Å²) >= 11 is 13.0. The van der Waals surface area contributed by atoms with Crippen LogP contribution in [0.5, 0.6) is 5.75 Å². The number of piperazine rings is 1. The first-order valence-electron chi connectivity index (χ1n) is 13.3. The number of amides is 1. The number of halogens is 2. The molecule has 0 aromatic heterocycles. The maximum absolute atomic E-state index is 12.1. The van der Waals surface area contributed by atoms with Gasteiger partial charge in [-0.05, 0) is 68.1 Å². The van der Waals surface area contributed by atoms with Crippen LogP contribution in [-0.2, 0) is 27.2 Å². The summed E-state index contributed by atoms with van der Waals surface area (Å²) in [4.78, 5) is 39.6. The van der Waals surface area contributed by atoms with Gasteiger partial charge in [-0.2, -0.15) is 0 Å². The van der Waals surface area contributed by atoms with Crippen molar-refractivity contribution in [2.75, 3.05) is 49.5 Å². The molecule has 1 aliphatic heterocycles. The summed E-state index contributed by atoms with van der Waals surface area (Å²) in [7, 11) is 0. The number of ether oxygens (including phenoxy) is 1. The molecule has 1 amide bonds. The van der Waals surface area contributed by atoms with Crippen LogP contribution in [0.2, 0.25) is 10.0 Å². The van der Waals surface area contributed by atoms with E-state index in [0.29, 0.717) is 41.0 Å². The molecule has 7 nitrogen and oxygen atoms in total. The molecular formula is C29H35Cl2N3O4. The standard InChI is InChI=1S/C29H35Cl2N3O4/c1-20(35)4-11-27(37)32-25-9-10-26(29(31)28(25)30)34-15-13-33(14-16-34)12-2-3-17-38-24-8-6-21-5-7-23(36)18-22(21)19-24/h6,8-10,19H,2-5,7,11-18H2,1H3,(H,32,37). The number of anilines is 2. The quantitative estimate of drug-likeness (QED) is 0.374. The van der Waals surface area contributed by atoms with Gasteiger partial charge in [-0.25, -0.2) is 0 Å². The number of ketones is 2. The Morgan fingerprint density at radius 3 is 2.50 bits per heavy atom. The van der Waals surface area contributed by atoms with Gasteiger partial charge in [0.25, 0.3) is 0 Å². The Morgan fingerprint density at radius 1 is 0.947 bits per heavy atom. The lowest BCUT2D eigenvalue weighted by Crippen LogP contribution is -2.46. The maximum atomic E-state index is 12.1. The smallest absolute Gasteiger partial charge is 0.224 e. The second-order valence-corrected chi connectivity index (χ2v) is 10.8. The number of Topliss-reactive ketones (excluding diaryl/α,β-unsaturated/α-hetero) is 2. The molecule has 0 spiro atoms. The van der Waals surface area contributed by atoms with E-state index in [9.17, 15) is 14.4 Å². The number of benzene rings is 2. The highest BCUT2D eigenvalue weighted by atomic mass is 35.5.